The van der Waals surface area contributed by atoms with Gasteiger partial charge in [0.1, 0.15) is 5.82 Å². The first kappa shape index (κ1) is 21.9. The Labute approximate surface area is 189 Å². The Kier molecular flexibility index (Phi) is 7.28. The number of nitrogens with zero attached hydrogens (tertiary/aromatic N) is 4. The van der Waals surface area contributed by atoms with Crippen LogP contribution in [0.1, 0.15) is 52.8 Å². The molecule has 0 bridgehead atoms. The Hall–Kier alpha value is -2.34. The zero-order valence-electron chi connectivity index (χ0n) is 18.2. The summed E-state index contributed by atoms with van der Waals surface area (Å²) in [5.41, 5.74) is 5.74. The number of hydrogen-bond acceptors (Lipinski definition) is 5. The maximum Gasteiger partial charge on any atom is 0.130 e. The third-order valence-corrected chi connectivity index (χ3v) is 6.13. The predicted molar refractivity (Wildman–Crippen MR) is 123 cm³/mol. The van der Waals surface area contributed by atoms with E-state index in [-0.39, 0.29) is 0 Å². The molecule has 5 nitrogen and oxygen atoms in total. The summed E-state index contributed by atoms with van der Waals surface area (Å²) >= 11 is 6.39. The summed E-state index contributed by atoms with van der Waals surface area (Å²) in [5, 5.41) is 0.815. The van der Waals surface area contributed by atoms with Crippen molar-refractivity contribution in [3.8, 4) is 0 Å². The number of hydrogen-bond donors (Lipinski definition) is 0. The van der Waals surface area contributed by atoms with Crippen LogP contribution in [0, 0.1) is 6.92 Å². The zero-order valence-corrected chi connectivity index (χ0v) is 19.0. The zero-order chi connectivity index (χ0) is 21.6. The first-order valence-corrected chi connectivity index (χ1v) is 11.2. The van der Waals surface area contributed by atoms with E-state index in [1.54, 1.807) is 7.11 Å². The number of aromatic nitrogens is 3. The summed E-state index contributed by atoms with van der Waals surface area (Å²) in [6, 6.07) is 12.8. The smallest absolute Gasteiger partial charge is 0.130 e. The van der Waals surface area contributed by atoms with Gasteiger partial charge in [0, 0.05) is 48.7 Å². The van der Waals surface area contributed by atoms with Gasteiger partial charge in [-0.15, -0.1) is 0 Å². The second kappa shape index (κ2) is 10.3. The number of ether oxygens (including phenoxy) is 1. The van der Waals surface area contributed by atoms with Crippen LogP contribution < -0.4 is 0 Å². The fourth-order valence-corrected chi connectivity index (χ4v) is 4.48. The van der Waals surface area contributed by atoms with E-state index in [2.05, 4.69) is 40.0 Å². The second-order valence-corrected chi connectivity index (χ2v) is 8.60. The van der Waals surface area contributed by atoms with E-state index in [4.69, 9.17) is 21.3 Å². The van der Waals surface area contributed by atoms with E-state index in [0.717, 1.165) is 65.7 Å². The standard InChI is InChI=1S/C25H29ClN4O/c1-18-12-19(13-21-6-3-4-7-22(21)26)14-23(29-18)24-8-5-10-30(24)17-20-15-27-25(28-16-20)9-11-31-2/h3-4,6-7,12,14-16,24H,5,8-11,13,17H2,1-2H3/t24-/m1/s1. The van der Waals surface area contributed by atoms with Crippen LogP contribution in [0.25, 0.3) is 0 Å². The number of pyridine rings is 1. The topological polar surface area (TPSA) is 51.1 Å². The molecule has 0 amide bonds. The number of halogens is 1. The minimum Gasteiger partial charge on any atom is -0.384 e. The minimum atomic E-state index is 0.318. The van der Waals surface area contributed by atoms with Gasteiger partial charge in [-0.1, -0.05) is 29.8 Å². The SMILES string of the molecule is COCCc1ncc(CN2CCC[C@@H]2c2cc(Cc3ccccc3Cl)cc(C)n2)cn1. The summed E-state index contributed by atoms with van der Waals surface area (Å²) in [6.07, 6.45) is 7.74. The number of rotatable bonds is 8. The Morgan fingerprint density at radius 1 is 1.13 bits per heavy atom. The summed E-state index contributed by atoms with van der Waals surface area (Å²) in [7, 11) is 1.70. The lowest BCUT2D eigenvalue weighted by molar-refractivity contribution is 0.200. The summed E-state index contributed by atoms with van der Waals surface area (Å²) in [5.74, 6) is 0.827. The van der Waals surface area contributed by atoms with Crippen molar-refractivity contribution >= 4 is 11.6 Å². The van der Waals surface area contributed by atoms with Crippen molar-refractivity contribution in [2.45, 2.75) is 45.2 Å². The minimum absolute atomic E-state index is 0.318. The van der Waals surface area contributed by atoms with Crippen LogP contribution in [0.15, 0.2) is 48.8 Å². The highest BCUT2D eigenvalue weighted by molar-refractivity contribution is 6.31. The molecular weight excluding hydrogens is 408 g/mol. The molecule has 4 rings (SSSR count). The van der Waals surface area contributed by atoms with E-state index in [9.17, 15) is 0 Å². The lowest BCUT2D eigenvalue weighted by Gasteiger charge is -2.24. The Bertz CT molecular complexity index is 1010. The van der Waals surface area contributed by atoms with Gasteiger partial charge in [-0.2, -0.15) is 0 Å². The Morgan fingerprint density at radius 3 is 2.71 bits per heavy atom. The highest BCUT2D eigenvalue weighted by Gasteiger charge is 2.27. The maximum absolute atomic E-state index is 6.39. The van der Waals surface area contributed by atoms with Crippen LogP contribution in [0.5, 0.6) is 0 Å². The van der Waals surface area contributed by atoms with Gasteiger partial charge in [0.25, 0.3) is 0 Å². The van der Waals surface area contributed by atoms with Crippen LogP contribution in [-0.2, 0) is 24.1 Å². The van der Waals surface area contributed by atoms with E-state index >= 15 is 0 Å². The van der Waals surface area contributed by atoms with Crippen LogP contribution in [0.4, 0.5) is 0 Å². The molecule has 6 heteroatoms. The molecule has 2 aromatic heterocycles. The molecule has 1 fully saturated rings. The fraction of sp³-hybridized carbons (Fsp3) is 0.400. The molecule has 0 saturated carbocycles. The van der Waals surface area contributed by atoms with Crippen LogP contribution in [-0.4, -0.2) is 40.1 Å². The lowest BCUT2D eigenvalue weighted by Crippen LogP contribution is -2.24. The van der Waals surface area contributed by atoms with Gasteiger partial charge in [0.2, 0.25) is 0 Å². The molecule has 162 valence electrons. The number of aryl methyl sites for hydroxylation is 1. The van der Waals surface area contributed by atoms with Crippen molar-refractivity contribution < 1.29 is 4.74 Å². The number of methoxy groups -OCH3 is 1. The van der Waals surface area contributed by atoms with Gasteiger partial charge in [-0.05, 0) is 62.1 Å². The van der Waals surface area contributed by atoms with Crippen molar-refractivity contribution in [2.75, 3.05) is 20.3 Å². The second-order valence-electron chi connectivity index (χ2n) is 8.19. The summed E-state index contributed by atoms with van der Waals surface area (Å²) < 4.78 is 5.11. The molecule has 0 spiro atoms. The van der Waals surface area contributed by atoms with Crippen molar-refractivity contribution in [1.82, 2.24) is 19.9 Å². The van der Waals surface area contributed by atoms with Crippen LogP contribution in [0.2, 0.25) is 5.02 Å². The van der Waals surface area contributed by atoms with Gasteiger partial charge in [-0.3, -0.25) is 9.88 Å². The molecule has 3 heterocycles. The molecule has 1 atom stereocenters. The molecule has 0 N–H and O–H groups in total. The highest BCUT2D eigenvalue weighted by atomic mass is 35.5. The molecule has 31 heavy (non-hydrogen) atoms. The average molecular weight is 437 g/mol. The molecule has 1 aliphatic heterocycles. The van der Waals surface area contributed by atoms with E-state index in [1.807, 2.05) is 30.6 Å². The summed E-state index contributed by atoms with van der Waals surface area (Å²) in [4.78, 5) is 16.4. The van der Waals surface area contributed by atoms with Gasteiger partial charge in [0.15, 0.2) is 0 Å². The van der Waals surface area contributed by atoms with E-state index in [1.165, 1.54) is 12.0 Å². The third kappa shape index (κ3) is 5.67. The number of benzene rings is 1. The normalized spacial score (nSPS) is 16.7. The predicted octanol–water partition coefficient (Wildman–Crippen LogP) is 4.95. The van der Waals surface area contributed by atoms with Gasteiger partial charge in [-0.25, -0.2) is 9.97 Å². The highest BCUT2D eigenvalue weighted by Crippen LogP contribution is 2.33. The number of likely N-dealkylation sites (tertiary alicyclic amines) is 1. The molecule has 1 saturated heterocycles. The van der Waals surface area contributed by atoms with Crippen LogP contribution >= 0.6 is 11.6 Å². The largest absolute Gasteiger partial charge is 0.384 e. The average Bonchev–Trinajstić information content (AvgIpc) is 3.23. The lowest BCUT2D eigenvalue weighted by atomic mass is 10.0. The fourth-order valence-electron chi connectivity index (χ4n) is 4.27. The molecule has 0 radical (unpaired) electrons. The van der Waals surface area contributed by atoms with Crippen molar-refractivity contribution in [1.29, 1.82) is 0 Å². The molecule has 0 aliphatic carbocycles. The molecule has 3 aromatic rings. The van der Waals surface area contributed by atoms with Gasteiger partial charge < -0.3 is 4.74 Å². The van der Waals surface area contributed by atoms with E-state index < -0.39 is 0 Å². The molecular formula is C25H29ClN4O. The molecule has 0 unspecified atom stereocenters. The first-order chi connectivity index (χ1) is 15.1. The summed E-state index contributed by atoms with van der Waals surface area (Å²) in [6.45, 7) is 4.62. The molecule has 1 aromatic carbocycles. The Balaban J connectivity index is 1.49. The Morgan fingerprint density at radius 2 is 1.94 bits per heavy atom. The molecule has 1 aliphatic rings. The maximum atomic E-state index is 6.39. The monoisotopic (exact) mass is 436 g/mol. The van der Waals surface area contributed by atoms with Crippen molar-refractivity contribution in [2.24, 2.45) is 0 Å². The van der Waals surface area contributed by atoms with E-state index in [0.29, 0.717) is 12.6 Å². The first-order valence-electron chi connectivity index (χ1n) is 10.9. The quantitative estimate of drug-likeness (QED) is 0.500. The van der Waals surface area contributed by atoms with Gasteiger partial charge >= 0.3 is 0 Å². The van der Waals surface area contributed by atoms with Crippen molar-refractivity contribution in [3.05, 3.63) is 87.7 Å². The van der Waals surface area contributed by atoms with Gasteiger partial charge in [0.05, 0.1) is 18.3 Å². The van der Waals surface area contributed by atoms with Crippen molar-refractivity contribution in [3.63, 3.8) is 0 Å². The van der Waals surface area contributed by atoms with Crippen LogP contribution in [0.3, 0.4) is 0 Å². The third-order valence-electron chi connectivity index (χ3n) is 5.76.